The van der Waals surface area contributed by atoms with Crippen molar-refractivity contribution < 1.29 is 4.48 Å². The van der Waals surface area contributed by atoms with E-state index >= 15 is 0 Å². The maximum Gasteiger partial charge on any atom is 0.0798 e. The zero-order valence-electron chi connectivity index (χ0n) is 13.8. The summed E-state index contributed by atoms with van der Waals surface area (Å²) in [6.07, 6.45) is 17.1. The van der Waals surface area contributed by atoms with Gasteiger partial charge in [-0.15, -0.1) is 11.6 Å². The van der Waals surface area contributed by atoms with Crippen molar-refractivity contribution in [2.45, 2.75) is 84.0 Å². The van der Waals surface area contributed by atoms with Crippen LogP contribution in [-0.2, 0) is 0 Å². The molecule has 1 heterocycles. The summed E-state index contributed by atoms with van der Waals surface area (Å²) in [5.41, 5.74) is 0. The van der Waals surface area contributed by atoms with Crippen LogP contribution in [0.1, 0.15) is 84.0 Å². The van der Waals surface area contributed by atoms with Gasteiger partial charge >= 0.3 is 0 Å². The molecule has 1 rings (SSSR count). The Balaban J connectivity index is 2.09. The van der Waals surface area contributed by atoms with Gasteiger partial charge in [0.15, 0.2) is 0 Å². The first-order valence-corrected chi connectivity index (χ1v) is 9.77. The number of alkyl halides is 1. The van der Waals surface area contributed by atoms with Crippen molar-refractivity contribution in [2.75, 3.05) is 32.1 Å². The molecule has 1 aliphatic heterocycles. The molecule has 1 fully saturated rings. The number of quaternary nitrogens is 1. The number of rotatable bonds is 12. The van der Waals surface area contributed by atoms with Gasteiger partial charge in [0.05, 0.1) is 26.2 Å². The first kappa shape index (κ1) is 18.3. The highest BCUT2D eigenvalue weighted by atomic mass is 35.5. The molecule has 0 atom stereocenters. The van der Waals surface area contributed by atoms with Crippen LogP contribution in [0.15, 0.2) is 0 Å². The molecule has 0 saturated carbocycles. The Morgan fingerprint density at radius 3 is 1.85 bits per heavy atom. The van der Waals surface area contributed by atoms with Crippen molar-refractivity contribution in [1.82, 2.24) is 0 Å². The molecular weight excluding hydrogens is 266 g/mol. The summed E-state index contributed by atoms with van der Waals surface area (Å²) < 4.78 is 1.39. The quantitative estimate of drug-likeness (QED) is 0.244. The summed E-state index contributed by atoms with van der Waals surface area (Å²) >= 11 is 5.92. The Hall–Kier alpha value is 0.250. The molecular formula is C18H37ClN+. The van der Waals surface area contributed by atoms with Crippen molar-refractivity contribution in [3.05, 3.63) is 0 Å². The lowest BCUT2D eigenvalue weighted by Gasteiger charge is -2.41. The monoisotopic (exact) mass is 302 g/mol. The van der Waals surface area contributed by atoms with Gasteiger partial charge in [0, 0.05) is 12.3 Å². The molecule has 0 amide bonds. The average Bonchev–Trinajstić information content (AvgIpc) is 2.49. The van der Waals surface area contributed by atoms with E-state index in [1.54, 1.807) is 0 Å². The number of hydrogen-bond acceptors (Lipinski definition) is 0. The van der Waals surface area contributed by atoms with Crippen LogP contribution in [0, 0.1) is 0 Å². The Morgan fingerprint density at radius 1 is 0.700 bits per heavy atom. The van der Waals surface area contributed by atoms with E-state index in [0.717, 1.165) is 5.88 Å². The molecule has 0 radical (unpaired) electrons. The highest BCUT2D eigenvalue weighted by molar-refractivity contribution is 6.17. The van der Waals surface area contributed by atoms with Crippen molar-refractivity contribution in [3.63, 3.8) is 0 Å². The van der Waals surface area contributed by atoms with Crippen molar-refractivity contribution in [3.8, 4) is 0 Å². The maximum atomic E-state index is 5.92. The van der Waals surface area contributed by atoms with E-state index in [1.807, 2.05) is 0 Å². The lowest BCUT2D eigenvalue weighted by molar-refractivity contribution is -0.932. The molecule has 0 aromatic rings. The van der Waals surface area contributed by atoms with Crippen LogP contribution in [0.4, 0.5) is 0 Å². The number of piperidine rings is 1. The largest absolute Gasteiger partial charge is 0.324 e. The van der Waals surface area contributed by atoms with Gasteiger partial charge in [0.2, 0.25) is 0 Å². The van der Waals surface area contributed by atoms with Gasteiger partial charge in [0.25, 0.3) is 0 Å². The SMILES string of the molecule is CCCCCCCCCC[N+]1(CCCCl)CCCCC1. The first-order chi connectivity index (χ1) is 9.83. The molecule has 1 nitrogen and oxygen atoms in total. The van der Waals surface area contributed by atoms with E-state index in [2.05, 4.69) is 6.92 Å². The molecule has 0 spiro atoms. The molecule has 2 heteroatoms. The Morgan fingerprint density at radius 2 is 1.25 bits per heavy atom. The van der Waals surface area contributed by atoms with E-state index in [4.69, 9.17) is 11.6 Å². The second-order valence-corrected chi connectivity index (χ2v) is 7.19. The molecule has 1 saturated heterocycles. The van der Waals surface area contributed by atoms with Crippen molar-refractivity contribution >= 4 is 11.6 Å². The molecule has 0 aromatic heterocycles. The summed E-state index contributed by atoms with van der Waals surface area (Å²) in [6, 6.07) is 0. The normalized spacial score (nSPS) is 18.3. The molecule has 20 heavy (non-hydrogen) atoms. The summed E-state index contributed by atoms with van der Waals surface area (Å²) in [6.45, 7) is 7.90. The van der Waals surface area contributed by atoms with Gasteiger partial charge in [-0.2, -0.15) is 0 Å². The number of halogens is 1. The number of likely N-dealkylation sites (tertiary alicyclic amines) is 1. The third-order valence-corrected chi connectivity index (χ3v) is 5.28. The van der Waals surface area contributed by atoms with Gasteiger partial charge in [-0.3, -0.25) is 0 Å². The highest BCUT2D eigenvalue weighted by Crippen LogP contribution is 2.21. The number of hydrogen-bond donors (Lipinski definition) is 0. The lowest BCUT2D eigenvalue weighted by Crippen LogP contribution is -2.52. The zero-order chi connectivity index (χ0) is 14.5. The predicted molar refractivity (Wildman–Crippen MR) is 91.5 cm³/mol. The summed E-state index contributed by atoms with van der Waals surface area (Å²) in [7, 11) is 0. The zero-order valence-corrected chi connectivity index (χ0v) is 14.6. The van der Waals surface area contributed by atoms with Gasteiger partial charge in [0.1, 0.15) is 0 Å². The predicted octanol–water partition coefficient (Wildman–Crippen LogP) is 5.76. The molecule has 120 valence electrons. The fourth-order valence-electron chi connectivity index (χ4n) is 3.72. The van der Waals surface area contributed by atoms with E-state index in [-0.39, 0.29) is 0 Å². The first-order valence-electron chi connectivity index (χ1n) is 9.24. The fraction of sp³-hybridized carbons (Fsp3) is 1.00. The Bertz CT molecular complexity index is 211. The molecule has 0 aromatic carbocycles. The minimum atomic E-state index is 0.845. The second-order valence-electron chi connectivity index (χ2n) is 6.81. The van der Waals surface area contributed by atoms with Crippen molar-refractivity contribution in [2.24, 2.45) is 0 Å². The number of nitrogens with zero attached hydrogens (tertiary/aromatic N) is 1. The average molecular weight is 303 g/mol. The summed E-state index contributed by atoms with van der Waals surface area (Å²) in [4.78, 5) is 0. The van der Waals surface area contributed by atoms with E-state index < -0.39 is 0 Å². The van der Waals surface area contributed by atoms with Gasteiger partial charge in [-0.1, -0.05) is 45.4 Å². The van der Waals surface area contributed by atoms with Crippen LogP contribution in [-0.4, -0.2) is 36.5 Å². The molecule has 0 unspecified atom stereocenters. The van der Waals surface area contributed by atoms with Crippen LogP contribution >= 0.6 is 11.6 Å². The fourth-order valence-corrected chi connectivity index (χ4v) is 3.84. The second kappa shape index (κ2) is 11.9. The van der Waals surface area contributed by atoms with Gasteiger partial charge in [-0.25, -0.2) is 0 Å². The number of unbranched alkanes of at least 4 members (excludes halogenated alkanes) is 7. The highest BCUT2D eigenvalue weighted by Gasteiger charge is 2.28. The molecule has 0 N–H and O–H groups in total. The Kier molecular flexibility index (Phi) is 10.9. The van der Waals surface area contributed by atoms with Gasteiger partial charge in [-0.05, 0) is 32.1 Å². The lowest BCUT2D eigenvalue weighted by atomic mass is 10.0. The minimum absolute atomic E-state index is 0.845. The molecule has 0 bridgehead atoms. The van der Waals surface area contributed by atoms with Gasteiger partial charge < -0.3 is 4.48 Å². The molecule has 1 aliphatic rings. The van der Waals surface area contributed by atoms with Crippen LogP contribution in [0.3, 0.4) is 0 Å². The van der Waals surface area contributed by atoms with Crippen LogP contribution < -0.4 is 0 Å². The summed E-state index contributed by atoms with van der Waals surface area (Å²) in [5.74, 6) is 0.845. The molecule has 0 aliphatic carbocycles. The maximum absolute atomic E-state index is 5.92. The Labute approximate surface area is 132 Å². The topological polar surface area (TPSA) is 0 Å². The van der Waals surface area contributed by atoms with Crippen LogP contribution in [0.5, 0.6) is 0 Å². The van der Waals surface area contributed by atoms with E-state index in [9.17, 15) is 0 Å². The third-order valence-electron chi connectivity index (χ3n) is 5.02. The third kappa shape index (κ3) is 7.88. The smallest absolute Gasteiger partial charge is 0.0798 e. The van der Waals surface area contributed by atoms with Crippen molar-refractivity contribution in [1.29, 1.82) is 0 Å². The van der Waals surface area contributed by atoms with Crippen LogP contribution in [0.2, 0.25) is 0 Å². The van der Waals surface area contributed by atoms with Crippen LogP contribution in [0.25, 0.3) is 0 Å². The van der Waals surface area contributed by atoms with E-state index in [1.165, 1.54) is 108 Å². The standard InChI is InChI=1S/C18H37ClN/c1-2-3-4-5-6-7-8-10-15-20(18-13-14-19)16-11-9-12-17-20/h2-18H2,1H3/q+1. The van der Waals surface area contributed by atoms with E-state index in [0.29, 0.717) is 0 Å². The minimum Gasteiger partial charge on any atom is -0.324 e. The summed E-state index contributed by atoms with van der Waals surface area (Å²) in [5, 5.41) is 0.